The van der Waals surface area contributed by atoms with Crippen LogP contribution < -0.4 is 14.8 Å². The van der Waals surface area contributed by atoms with Crippen LogP contribution in [0.2, 0.25) is 0 Å². The van der Waals surface area contributed by atoms with Crippen LogP contribution in [0, 0.1) is 0 Å². The van der Waals surface area contributed by atoms with Crippen LogP contribution >= 0.6 is 0 Å². The molecule has 2 aromatic carbocycles. The molecule has 0 aliphatic rings. The van der Waals surface area contributed by atoms with Crippen LogP contribution in [-0.4, -0.2) is 32.6 Å². The molecule has 0 atom stereocenters. The Kier molecular flexibility index (Phi) is 5.94. The number of benzene rings is 2. The van der Waals surface area contributed by atoms with Gasteiger partial charge in [0, 0.05) is 18.1 Å². The van der Waals surface area contributed by atoms with E-state index in [0.29, 0.717) is 23.1 Å². The lowest BCUT2D eigenvalue weighted by atomic mass is 10.1. The van der Waals surface area contributed by atoms with Gasteiger partial charge in [-0.15, -0.1) is 18.3 Å². The minimum absolute atomic E-state index is 0.105. The first kappa shape index (κ1) is 21.8. The van der Waals surface area contributed by atoms with Crippen molar-refractivity contribution in [3.63, 3.8) is 0 Å². The van der Waals surface area contributed by atoms with E-state index >= 15 is 0 Å². The molecule has 0 aliphatic heterocycles. The van der Waals surface area contributed by atoms with Crippen LogP contribution in [0.3, 0.4) is 0 Å². The lowest BCUT2D eigenvalue weighted by Gasteiger charge is -2.13. The van der Waals surface area contributed by atoms with Gasteiger partial charge in [-0.25, -0.2) is 9.78 Å². The van der Waals surface area contributed by atoms with E-state index in [1.54, 1.807) is 24.4 Å². The molecule has 0 saturated carbocycles. The summed E-state index contributed by atoms with van der Waals surface area (Å²) in [6.45, 7) is 0.344. The van der Waals surface area contributed by atoms with E-state index in [1.165, 1.54) is 30.5 Å². The van der Waals surface area contributed by atoms with Crippen molar-refractivity contribution in [1.82, 2.24) is 15.2 Å². The van der Waals surface area contributed by atoms with E-state index in [4.69, 9.17) is 9.84 Å². The molecule has 4 rings (SSSR count). The van der Waals surface area contributed by atoms with Gasteiger partial charge in [0.25, 0.3) is 5.88 Å². The first-order valence-electron chi connectivity index (χ1n) is 9.49. The molecule has 0 spiro atoms. The second kappa shape index (κ2) is 8.99. The summed E-state index contributed by atoms with van der Waals surface area (Å²) in [7, 11) is 0. The smallest absolute Gasteiger partial charge is 0.478 e. The highest BCUT2D eigenvalue weighted by molar-refractivity contribution is 5.95. The first-order chi connectivity index (χ1) is 15.8. The Morgan fingerprint density at radius 1 is 1.00 bits per heavy atom. The summed E-state index contributed by atoms with van der Waals surface area (Å²) in [5.74, 6) is -0.615. The Morgan fingerprint density at radius 3 is 2.36 bits per heavy atom. The van der Waals surface area contributed by atoms with Crippen molar-refractivity contribution in [2.24, 2.45) is 0 Å². The second-order valence-electron chi connectivity index (χ2n) is 6.75. The number of hydrogen-bond donors (Lipinski definition) is 2. The van der Waals surface area contributed by atoms with Crippen molar-refractivity contribution in [2.45, 2.75) is 12.9 Å². The molecule has 2 aromatic heterocycles. The Labute approximate surface area is 184 Å². The molecule has 8 nitrogen and oxygen atoms in total. The van der Waals surface area contributed by atoms with Gasteiger partial charge in [0.15, 0.2) is 0 Å². The van der Waals surface area contributed by atoms with Crippen LogP contribution in [0.25, 0.3) is 10.8 Å². The van der Waals surface area contributed by atoms with Crippen molar-refractivity contribution in [2.75, 3.05) is 5.32 Å². The van der Waals surface area contributed by atoms with E-state index in [9.17, 15) is 18.0 Å². The van der Waals surface area contributed by atoms with Crippen LogP contribution in [0.15, 0.2) is 67.0 Å². The quantitative estimate of drug-likeness (QED) is 0.399. The Morgan fingerprint density at radius 2 is 1.70 bits per heavy atom. The summed E-state index contributed by atoms with van der Waals surface area (Å²) in [4.78, 5) is 15.3. The van der Waals surface area contributed by atoms with Crippen LogP contribution in [-0.2, 0) is 6.54 Å². The molecule has 0 unspecified atom stereocenters. The molecule has 2 heterocycles. The van der Waals surface area contributed by atoms with Crippen molar-refractivity contribution >= 4 is 22.6 Å². The van der Waals surface area contributed by atoms with Gasteiger partial charge in [0.2, 0.25) is 0 Å². The number of nitrogens with one attached hydrogen (secondary N) is 1. The Hall–Kier alpha value is -4.41. The van der Waals surface area contributed by atoms with Crippen LogP contribution in [0.4, 0.5) is 19.0 Å². The van der Waals surface area contributed by atoms with E-state index in [2.05, 4.69) is 25.2 Å². The van der Waals surface area contributed by atoms with Gasteiger partial charge in [0.05, 0.1) is 17.1 Å². The number of alkyl halides is 3. The summed E-state index contributed by atoms with van der Waals surface area (Å²) in [5.41, 5.74) is 1.00. The predicted octanol–water partition coefficient (Wildman–Crippen LogP) is 5.03. The number of nitrogens with zero attached hydrogens (tertiary/aromatic N) is 3. The summed E-state index contributed by atoms with van der Waals surface area (Å²) in [5, 5.41) is 21.3. The van der Waals surface area contributed by atoms with E-state index < -0.39 is 12.3 Å². The Balaban J connectivity index is 1.56. The monoisotopic (exact) mass is 456 g/mol. The minimum atomic E-state index is -4.79. The number of fused-ring (bicyclic) bond motifs is 1. The molecule has 168 valence electrons. The molecule has 0 amide bonds. The normalized spacial score (nSPS) is 11.2. The lowest BCUT2D eigenvalue weighted by molar-refractivity contribution is -0.274. The third kappa shape index (κ3) is 5.45. The molecule has 0 bridgehead atoms. The van der Waals surface area contributed by atoms with Crippen molar-refractivity contribution in [3.05, 3.63) is 78.1 Å². The molecule has 4 aromatic rings. The number of pyridine rings is 1. The number of hydrogen-bond acceptors (Lipinski definition) is 7. The van der Waals surface area contributed by atoms with E-state index in [0.717, 1.165) is 17.7 Å². The number of ether oxygens (including phenoxy) is 2. The molecule has 11 heteroatoms. The number of aromatic nitrogens is 3. The van der Waals surface area contributed by atoms with Gasteiger partial charge in [-0.05, 0) is 48.0 Å². The average molecular weight is 456 g/mol. The molecular weight excluding hydrogens is 441 g/mol. The molecule has 0 radical (unpaired) electrons. The van der Waals surface area contributed by atoms with Crippen molar-refractivity contribution < 1.29 is 32.5 Å². The van der Waals surface area contributed by atoms with Gasteiger partial charge >= 0.3 is 12.3 Å². The van der Waals surface area contributed by atoms with Crippen LogP contribution in [0.1, 0.15) is 15.9 Å². The SMILES string of the molecule is O=C(O)c1ccc(CNc2nccc3cnnc(Oc4ccc(OC(F)(F)F)cc4)c23)cc1. The van der Waals surface area contributed by atoms with Gasteiger partial charge in [0.1, 0.15) is 17.3 Å². The summed E-state index contributed by atoms with van der Waals surface area (Å²) >= 11 is 0. The number of aromatic carboxylic acids is 1. The van der Waals surface area contributed by atoms with E-state index in [1.807, 2.05) is 0 Å². The van der Waals surface area contributed by atoms with Crippen molar-refractivity contribution in [3.8, 4) is 17.4 Å². The fourth-order valence-corrected chi connectivity index (χ4v) is 2.98. The summed E-state index contributed by atoms with van der Waals surface area (Å²) < 4.78 is 46.6. The molecule has 0 aliphatic carbocycles. The number of halogens is 3. The molecule has 33 heavy (non-hydrogen) atoms. The van der Waals surface area contributed by atoms with Gasteiger partial charge in [-0.3, -0.25) is 0 Å². The third-order valence-corrected chi connectivity index (χ3v) is 4.48. The highest BCUT2D eigenvalue weighted by atomic mass is 19.4. The molecule has 2 N–H and O–H groups in total. The zero-order valence-corrected chi connectivity index (χ0v) is 16.7. The zero-order valence-electron chi connectivity index (χ0n) is 16.7. The highest BCUT2D eigenvalue weighted by Crippen LogP contribution is 2.33. The number of rotatable bonds is 7. The molecular formula is C22H15F3N4O4. The fourth-order valence-electron chi connectivity index (χ4n) is 2.98. The lowest BCUT2D eigenvalue weighted by Crippen LogP contribution is -2.16. The number of carbonyl (C=O) groups is 1. The maximum atomic E-state index is 12.3. The van der Waals surface area contributed by atoms with Gasteiger partial charge in [-0.1, -0.05) is 12.1 Å². The maximum absolute atomic E-state index is 12.3. The molecule has 0 saturated heterocycles. The summed E-state index contributed by atoms with van der Waals surface area (Å²) in [6, 6.07) is 13.0. The number of carboxylic acid groups (broad SMARTS) is 1. The van der Waals surface area contributed by atoms with Crippen molar-refractivity contribution in [1.29, 1.82) is 0 Å². The largest absolute Gasteiger partial charge is 0.573 e. The van der Waals surface area contributed by atoms with Gasteiger partial charge in [-0.2, -0.15) is 5.10 Å². The fraction of sp³-hybridized carbons (Fsp3) is 0.0909. The highest BCUT2D eigenvalue weighted by Gasteiger charge is 2.31. The maximum Gasteiger partial charge on any atom is 0.573 e. The van der Waals surface area contributed by atoms with Crippen LogP contribution in [0.5, 0.6) is 17.4 Å². The number of anilines is 1. The number of carboxylic acids is 1. The average Bonchev–Trinajstić information content (AvgIpc) is 2.78. The second-order valence-corrected chi connectivity index (χ2v) is 6.75. The summed E-state index contributed by atoms with van der Waals surface area (Å²) in [6.07, 6.45) is -1.69. The first-order valence-corrected chi connectivity index (χ1v) is 9.49. The predicted molar refractivity (Wildman–Crippen MR) is 111 cm³/mol. The van der Waals surface area contributed by atoms with Gasteiger partial charge < -0.3 is 19.9 Å². The molecule has 0 fully saturated rings. The Bertz CT molecular complexity index is 1270. The third-order valence-electron chi connectivity index (χ3n) is 4.48. The zero-order chi connectivity index (χ0) is 23.4. The minimum Gasteiger partial charge on any atom is -0.478 e. The topological polar surface area (TPSA) is 106 Å². The van der Waals surface area contributed by atoms with E-state index in [-0.39, 0.29) is 22.9 Å². The standard InChI is InChI=1S/C22H15F3N4O4/c23-22(24,25)33-17-7-5-16(6-8-17)32-20-18-15(12-28-29-20)9-10-26-19(18)27-11-13-1-3-14(4-2-13)21(30)31/h1-10,12H,11H2,(H,26,27)(H,30,31).